The highest BCUT2D eigenvalue weighted by Crippen LogP contribution is 2.32. The molecule has 1 aliphatic heterocycles. The second-order valence-corrected chi connectivity index (χ2v) is 9.44. The number of hydrogen-bond acceptors (Lipinski definition) is 5. The van der Waals surface area contributed by atoms with Gasteiger partial charge in [0.1, 0.15) is 11.4 Å². The summed E-state index contributed by atoms with van der Waals surface area (Å²) >= 11 is 0. The first kappa shape index (κ1) is 22.8. The number of carbonyl (C=O) groups excluding carboxylic acids is 1. The zero-order chi connectivity index (χ0) is 23.8. The standard InChI is InChI=1S/C25H30FN5O2/c1-15-13-29-23-22(15)20(7-9-28-23)33-19-6-5-16(11-17(19)26)12-18(27)24(32)30-21-8-10-31(4)14-25(21,2)3/h5-7,9,11-13,21H,8,10,14,27H2,1-4H3,(H,28,29)(H,30,32)/b18-12-. The molecule has 1 aromatic carbocycles. The van der Waals surface area contributed by atoms with Gasteiger partial charge in [0.2, 0.25) is 0 Å². The van der Waals surface area contributed by atoms with E-state index in [-0.39, 0.29) is 28.8 Å². The maximum Gasteiger partial charge on any atom is 0.267 e. The number of hydrogen-bond donors (Lipinski definition) is 3. The molecule has 0 aliphatic carbocycles. The summed E-state index contributed by atoms with van der Waals surface area (Å²) in [5, 5.41) is 3.85. The van der Waals surface area contributed by atoms with Gasteiger partial charge in [0, 0.05) is 25.0 Å². The van der Waals surface area contributed by atoms with Crippen molar-refractivity contribution in [3.05, 3.63) is 59.3 Å². The van der Waals surface area contributed by atoms with Gasteiger partial charge in [-0.1, -0.05) is 19.9 Å². The molecule has 4 N–H and O–H groups in total. The molecule has 4 rings (SSSR count). The molecule has 0 saturated carbocycles. The zero-order valence-electron chi connectivity index (χ0n) is 19.4. The minimum atomic E-state index is -0.549. The number of benzene rings is 1. The molecule has 1 unspecified atom stereocenters. The van der Waals surface area contributed by atoms with Crippen LogP contribution in [0.2, 0.25) is 0 Å². The SMILES string of the molecule is Cc1c[nH]c2nccc(Oc3ccc(/C=C(\N)C(=O)NC4CCN(C)CC4(C)C)cc3F)c12. The van der Waals surface area contributed by atoms with Gasteiger partial charge in [-0.2, -0.15) is 0 Å². The first-order valence-corrected chi connectivity index (χ1v) is 11.0. The summed E-state index contributed by atoms with van der Waals surface area (Å²) in [5.41, 5.74) is 8.12. The van der Waals surface area contributed by atoms with E-state index in [1.807, 2.05) is 13.1 Å². The predicted molar refractivity (Wildman–Crippen MR) is 127 cm³/mol. The van der Waals surface area contributed by atoms with Gasteiger partial charge in [-0.15, -0.1) is 0 Å². The minimum absolute atomic E-state index is 0.0229. The smallest absolute Gasteiger partial charge is 0.267 e. The van der Waals surface area contributed by atoms with Crippen LogP contribution < -0.4 is 15.8 Å². The van der Waals surface area contributed by atoms with Gasteiger partial charge in [0.15, 0.2) is 11.6 Å². The molecule has 1 fully saturated rings. The fourth-order valence-corrected chi connectivity index (χ4v) is 4.46. The van der Waals surface area contributed by atoms with E-state index < -0.39 is 5.82 Å². The maximum absolute atomic E-state index is 14.8. The summed E-state index contributed by atoms with van der Waals surface area (Å²) < 4.78 is 20.6. The summed E-state index contributed by atoms with van der Waals surface area (Å²) in [7, 11) is 2.08. The van der Waals surface area contributed by atoms with Crippen LogP contribution in [0.15, 0.2) is 42.4 Å². The van der Waals surface area contributed by atoms with Gasteiger partial charge in [-0.3, -0.25) is 4.79 Å². The van der Waals surface area contributed by atoms with E-state index in [4.69, 9.17) is 10.5 Å². The number of ether oxygens (including phenoxy) is 1. The number of fused-ring (bicyclic) bond motifs is 1. The summed E-state index contributed by atoms with van der Waals surface area (Å²) in [4.78, 5) is 22.2. The molecule has 33 heavy (non-hydrogen) atoms. The Bertz CT molecular complexity index is 1220. The number of carbonyl (C=O) groups is 1. The van der Waals surface area contributed by atoms with Crippen molar-refractivity contribution in [2.45, 2.75) is 33.2 Å². The Labute approximate surface area is 192 Å². The van der Waals surface area contributed by atoms with Crippen LogP contribution in [0.4, 0.5) is 4.39 Å². The van der Waals surface area contributed by atoms with Crippen LogP contribution in [0.5, 0.6) is 11.5 Å². The van der Waals surface area contributed by atoms with E-state index in [0.29, 0.717) is 17.0 Å². The molecular weight excluding hydrogens is 421 g/mol. The number of rotatable bonds is 5. The molecule has 3 aromatic rings. The Kier molecular flexibility index (Phi) is 6.12. The fourth-order valence-electron chi connectivity index (χ4n) is 4.46. The van der Waals surface area contributed by atoms with E-state index in [1.165, 1.54) is 18.2 Å². The van der Waals surface area contributed by atoms with Crippen molar-refractivity contribution in [3.8, 4) is 11.5 Å². The third-order valence-electron chi connectivity index (χ3n) is 6.22. The van der Waals surface area contributed by atoms with Crippen molar-refractivity contribution < 1.29 is 13.9 Å². The maximum atomic E-state index is 14.8. The van der Waals surface area contributed by atoms with Crippen LogP contribution in [-0.2, 0) is 4.79 Å². The van der Waals surface area contributed by atoms with Crippen LogP contribution in [0, 0.1) is 18.2 Å². The predicted octanol–water partition coefficient (Wildman–Crippen LogP) is 3.95. The average Bonchev–Trinajstić information content (AvgIpc) is 3.13. The number of H-pyrrole nitrogens is 1. The number of pyridine rings is 1. The number of aromatic amines is 1. The van der Waals surface area contributed by atoms with Crippen LogP contribution >= 0.6 is 0 Å². The summed E-state index contributed by atoms with van der Waals surface area (Å²) in [5.74, 6) is -0.302. The molecule has 1 amide bonds. The van der Waals surface area contributed by atoms with E-state index in [2.05, 4.69) is 41.1 Å². The number of nitrogens with one attached hydrogen (secondary N) is 2. The fraction of sp³-hybridized carbons (Fsp3) is 0.360. The number of piperidine rings is 1. The van der Waals surface area contributed by atoms with Crippen LogP contribution in [0.25, 0.3) is 17.1 Å². The third kappa shape index (κ3) is 4.85. The number of halogens is 1. The normalized spacial score (nSPS) is 18.9. The Morgan fingerprint density at radius 2 is 2.15 bits per heavy atom. The number of aryl methyl sites for hydroxylation is 1. The molecule has 174 valence electrons. The van der Waals surface area contributed by atoms with E-state index in [0.717, 1.165) is 30.5 Å². The lowest BCUT2D eigenvalue weighted by molar-refractivity contribution is -0.119. The van der Waals surface area contributed by atoms with E-state index in [9.17, 15) is 9.18 Å². The Balaban J connectivity index is 1.48. The van der Waals surface area contributed by atoms with Gasteiger partial charge >= 0.3 is 0 Å². The average molecular weight is 452 g/mol. The lowest BCUT2D eigenvalue weighted by atomic mass is 9.79. The lowest BCUT2D eigenvalue weighted by Gasteiger charge is -2.43. The molecule has 0 bridgehead atoms. The quantitative estimate of drug-likeness (QED) is 0.511. The van der Waals surface area contributed by atoms with E-state index in [1.54, 1.807) is 18.3 Å². The van der Waals surface area contributed by atoms with Gasteiger partial charge in [0.05, 0.1) is 11.1 Å². The Morgan fingerprint density at radius 1 is 1.36 bits per heavy atom. The van der Waals surface area contributed by atoms with Crippen molar-refractivity contribution >= 4 is 23.0 Å². The molecule has 1 aliphatic rings. The number of amides is 1. The van der Waals surface area contributed by atoms with Crippen molar-refractivity contribution in [2.24, 2.45) is 11.1 Å². The van der Waals surface area contributed by atoms with Gasteiger partial charge in [-0.05, 0) is 67.8 Å². The Morgan fingerprint density at radius 3 is 2.88 bits per heavy atom. The van der Waals surface area contributed by atoms with Gasteiger partial charge in [0.25, 0.3) is 5.91 Å². The second kappa shape index (κ2) is 8.86. The van der Waals surface area contributed by atoms with Crippen molar-refractivity contribution in [1.29, 1.82) is 0 Å². The molecule has 1 saturated heterocycles. The summed E-state index contributed by atoms with van der Waals surface area (Å²) in [6.45, 7) is 8.00. The van der Waals surface area contributed by atoms with Crippen molar-refractivity contribution in [3.63, 3.8) is 0 Å². The first-order valence-electron chi connectivity index (χ1n) is 11.0. The van der Waals surface area contributed by atoms with Crippen molar-refractivity contribution in [2.75, 3.05) is 20.1 Å². The third-order valence-corrected chi connectivity index (χ3v) is 6.22. The first-order chi connectivity index (χ1) is 15.6. The highest BCUT2D eigenvalue weighted by Gasteiger charge is 2.35. The molecule has 2 aromatic heterocycles. The van der Waals surface area contributed by atoms with E-state index >= 15 is 0 Å². The van der Waals surface area contributed by atoms with Crippen LogP contribution in [-0.4, -0.2) is 47.0 Å². The lowest BCUT2D eigenvalue weighted by Crippen LogP contribution is -2.55. The minimum Gasteiger partial charge on any atom is -0.453 e. The number of likely N-dealkylation sites (tertiary alicyclic amines) is 1. The highest BCUT2D eigenvalue weighted by atomic mass is 19.1. The topological polar surface area (TPSA) is 96.3 Å². The summed E-state index contributed by atoms with van der Waals surface area (Å²) in [6.07, 6.45) is 5.76. The van der Waals surface area contributed by atoms with Crippen LogP contribution in [0.3, 0.4) is 0 Å². The largest absolute Gasteiger partial charge is 0.453 e. The molecular formula is C25H30FN5O2. The Hall–Kier alpha value is -3.39. The second-order valence-electron chi connectivity index (χ2n) is 9.44. The van der Waals surface area contributed by atoms with Crippen LogP contribution in [0.1, 0.15) is 31.4 Å². The monoisotopic (exact) mass is 451 g/mol. The zero-order valence-corrected chi connectivity index (χ0v) is 19.4. The summed E-state index contributed by atoms with van der Waals surface area (Å²) in [6, 6.07) is 6.22. The number of nitrogens with zero attached hydrogens (tertiary/aromatic N) is 2. The van der Waals surface area contributed by atoms with Gasteiger partial charge < -0.3 is 25.7 Å². The molecule has 0 radical (unpaired) electrons. The number of nitrogens with two attached hydrogens (primary N) is 1. The molecule has 8 heteroatoms. The molecule has 1 atom stereocenters. The molecule has 3 heterocycles. The van der Waals surface area contributed by atoms with Crippen molar-refractivity contribution in [1.82, 2.24) is 20.2 Å². The molecule has 7 nitrogen and oxygen atoms in total. The highest BCUT2D eigenvalue weighted by molar-refractivity contribution is 5.97. The number of aromatic nitrogens is 2. The molecule has 0 spiro atoms. The van der Waals surface area contributed by atoms with Gasteiger partial charge in [-0.25, -0.2) is 9.37 Å².